The van der Waals surface area contributed by atoms with Gasteiger partial charge in [0.25, 0.3) is 0 Å². The van der Waals surface area contributed by atoms with Crippen molar-refractivity contribution in [2.24, 2.45) is 0 Å². The summed E-state index contributed by atoms with van der Waals surface area (Å²) in [7, 11) is 1.69. The summed E-state index contributed by atoms with van der Waals surface area (Å²) in [4.78, 5) is 20.1. The van der Waals surface area contributed by atoms with Gasteiger partial charge in [0.1, 0.15) is 18.7 Å². The Bertz CT molecular complexity index is 328. The number of hydrogen-bond donors (Lipinski definition) is 1. The smallest absolute Gasteiger partial charge is 0.323 e. The Labute approximate surface area is 82.4 Å². The summed E-state index contributed by atoms with van der Waals surface area (Å²) in [6.07, 6.45) is 2.27. The molecule has 0 aliphatic rings. The minimum atomic E-state index is -0.871. The predicted octanol–water partition coefficient (Wildman–Crippen LogP) is 0.560. The van der Waals surface area contributed by atoms with Crippen LogP contribution in [0.5, 0.6) is 0 Å². The van der Waals surface area contributed by atoms with Crippen molar-refractivity contribution in [3.63, 3.8) is 0 Å². The highest BCUT2D eigenvalue weighted by Crippen LogP contribution is 2.08. The van der Waals surface area contributed by atoms with Gasteiger partial charge >= 0.3 is 5.97 Å². The van der Waals surface area contributed by atoms with E-state index in [0.717, 1.165) is 12.1 Å². The van der Waals surface area contributed by atoms with E-state index in [2.05, 4.69) is 9.97 Å². The Morgan fingerprint density at radius 1 is 1.57 bits per heavy atom. The maximum absolute atomic E-state index is 10.5. The summed E-state index contributed by atoms with van der Waals surface area (Å²) < 4.78 is 0. The summed E-state index contributed by atoms with van der Waals surface area (Å²) in [5.41, 5.74) is 0.909. The van der Waals surface area contributed by atoms with Gasteiger partial charge in [0.2, 0.25) is 0 Å². The molecule has 5 heteroatoms. The third-order valence-electron chi connectivity index (χ3n) is 1.84. The van der Waals surface area contributed by atoms with Crippen LogP contribution >= 0.6 is 0 Å². The molecule has 14 heavy (non-hydrogen) atoms. The number of carboxylic acids is 1. The molecule has 0 unspecified atom stereocenters. The Hall–Kier alpha value is -1.65. The molecule has 0 saturated heterocycles. The van der Waals surface area contributed by atoms with Crippen molar-refractivity contribution in [1.82, 2.24) is 9.97 Å². The second kappa shape index (κ2) is 4.55. The Morgan fingerprint density at radius 2 is 2.29 bits per heavy atom. The minimum absolute atomic E-state index is 0.0554. The van der Waals surface area contributed by atoms with E-state index in [4.69, 9.17) is 5.11 Å². The maximum atomic E-state index is 10.5. The zero-order valence-corrected chi connectivity index (χ0v) is 8.27. The summed E-state index contributed by atoms with van der Waals surface area (Å²) in [5, 5.41) is 8.59. The molecule has 76 valence electrons. The van der Waals surface area contributed by atoms with Crippen LogP contribution in [0.1, 0.15) is 12.6 Å². The van der Waals surface area contributed by atoms with Crippen molar-refractivity contribution in [3.8, 4) is 0 Å². The number of rotatable bonds is 4. The van der Waals surface area contributed by atoms with Gasteiger partial charge in [-0.3, -0.25) is 4.79 Å². The molecule has 0 fully saturated rings. The number of aryl methyl sites for hydroxylation is 1. The minimum Gasteiger partial charge on any atom is -0.480 e. The molecular weight excluding hydrogens is 182 g/mol. The second-order valence-corrected chi connectivity index (χ2v) is 2.97. The molecule has 1 aromatic heterocycles. The fourth-order valence-electron chi connectivity index (χ4n) is 1.07. The lowest BCUT2D eigenvalue weighted by Crippen LogP contribution is -2.26. The van der Waals surface area contributed by atoms with Gasteiger partial charge in [0.05, 0.1) is 0 Å². The highest BCUT2D eigenvalue weighted by Gasteiger charge is 2.07. The first kappa shape index (κ1) is 10.4. The van der Waals surface area contributed by atoms with Gasteiger partial charge in [-0.15, -0.1) is 0 Å². The zero-order chi connectivity index (χ0) is 10.6. The van der Waals surface area contributed by atoms with Crippen molar-refractivity contribution in [1.29, 1.82) is 0 Å². The molecular formula is C9H13N3O2. The molecule has 1 N–H and O–H groups in total. The van der Waals surface area contributed by atoms with E-state index in [-0.39, 0.29) is 6.54 Å². The molecule has 1 aromatic rings. The van der Waals surface area contributed by atoms with Crippen LogP contribution < -0.4 is 4.90 Å². The maximum Gasteiger partial charge on any atom is 0.323 e. The molecule has 0 saturated carbocycles. The number of nitrogens with zero attached hydrogens (tertiary/aromatic N) is 3. The Morgan fingerprint density at radius 3 is 2.86 bits per heavy atom. The van der Waals surface area contributed by atoms with Gasteiger partial charge < -0.3 is 10.0 Å². The van der Waals surface area contributed by atoms with Crippen LogP contribution in [0, 0.1) is 0 Å². The monoisotopic (exact) mass is 195 g/mol. The second-order valence-electron chi connectivity index (χ2n) is 2.97. The first-order valence-corrected chi connectivity index (χ1v) is 4.37. The van der Waals surface area contributed by atoms with E-state index in [1.54, 1.807) is 18.0 Å². The van der Waals surface area contributed by atoms with E-state index in [1.807, 2.05) is 6.92 Å². The van der Waals surface area contributed by atoms with Crippen LogP contribution in [0.15, 0.2) is 12.4 Å². The van der Waals surface area contributed by atoms with Crippen molar-refractivity contribution in [3.05, 3.63) is 18.1 Å². The Balaban J connectivity index is 2.78. The van der Waals surface area contributed by atoms with Crippen molar-refractivity contribution >= 4 is 11.8 Å². The van der Waals surface area contributed by atoms with E-state index in [9.17, 15) is 4.79 Å². The first-order chi connectivity index (χ1) is 6.63. The normalized spacial score (nSPS) is 9.86. The molecule has 0 radical (unpaired) electrons. The highest BCUT2D eigenvalue weighted by molar-refractivity contribution is 5.72. The van der Waals surface area contributed by atoms with Crippen LogP contribution in [0.25, 0.3) is 0 Å². The highest BCUT2D eigenvalue weighted by atomic mass is 16.4. The molecule has 0 bridgehead atoms. The molecule has 5 nitrogen and oxygen atoms in total. The molecule has 0 atom stereocenters. The van der Waals surface area contributed by atoms with Gasteiger partial charge in [-0.05, 0) is 6.42 Å². The van der Waals surface area contributed by atoms with Crippen molar-refractivity contribution in [2.45, 2.75) is 13.3 Å². The first-order valence-electron chi connectivity index (χ1n) is 4.37. The number of aliphatic carboxylic acids is 1. The summed E-state index contributed by atoms with van der Waals surface area (Å²) in [6.45, 7) is 1.93. The standard InChI is InChI=1S/C9H13N3O2/c1-3-7-4-8(11-6-10-7)12(2)5-9(13)14/h4,6H,3,5H2,1-2H3,(H,13,14). The van der Waals surface area contributed by atoms with E-state index in [1.165, 1.54) is 6.33 Å². The average molecular weight is 195 g/mol. The van der Waals surface area contributed by atoms with Gasteiger partial charge in [0.15, 0.2) is 0 Å². The zero-order valence-electron chi connectivity index (χ0n) is 8.27. The number of hydrogen-bond acceptors (Lipinski definition) is 4. The van der Waals surface area contributed by atoms with Gasteiger partial charge in [-0.25, -0.2) is 9.97 Å². The average Bonchev–Trinajstić information content (AvgIpc) is 2.17. The predicted molar refractivity (Wildman–Crippen MR) is 52.3 cm³/mol. The molecule has 0 aromatic carbocycles. The van der Waals surface area contributed by atoms with Gasteiger partial charge in [0, 0.05) is 18.8 Å². The lowest BCUT2D eigenvalue weighted by molar-refractivity contribution is -0.135. The van der Waals surface area contributed by atoms with Crippen LogP contribution in [0.2, 0.25) is 0 Å². The molecule has 0 spiro atoms. The molecule has 0 amide bonds. The lowest BCUT2D eigenvalue weighted by atomic mass is 10.3. The SMILES string of the molecule is CCc1cc(N(C)CC(=O)O)ncn1. The molecule has 0 aliphatic heterocycles. The number of likely N-dealkylation sites (N-methyl/N-ethyl adjacent to an activating group) is 1. The van der Waals surface area contributed by atoms with Gasteiger partial charge in [-0.1, -0.05) is 6.92 Å². The lowest BCUT2D eigenvalue weighted by Gasteiger charge is -2.15. The van der Waals surface area contributed by atoms with E-state index >= 15 is 0 Å². The fourth-order valence-corrected chi connectivity index (χ4v) is 1.07. The van der Waals surface area contributed by atoms with E-state index in [0.29, 0.717) is 5.82 Å². The summed E-state index contributed by atoms with van der Waals surface area (Å²) in [6, 6.07) is 1.79. The van der Waals surface area contributed by atoms with Crippen molar-refractivity contribution < 1.29 is 9.90 Å². The summed E-state index contributed by atoms with van der Waals surface area (Å²) >= 11 is 0. The van der Waals surface area contributed by atoms with Crippen LogP contribution in [0.4, 0.5) is 5.82 Å². The Kier molecular flexibility index (Phi) is 3.39. The van der Waals surface area contributed by atoms with Crippen LogP contribution in [-0.2, 0) is 11.2 Å². The quantitative estimate of drug-likeness (QED) is 0.760. The van der Waals surface area contributed by atoms with Crippen LogP contribution in [-0.4, -0.2) is 34.6 Å². The third-order valence-corrected chi connectivity index (χ3v) is 1.84. The fraction of sp³-hybridized carbons (Fsp3) is 0.444. The molecule has 1 heterocycles. The molecule has 0 aliphatic carbocycles. The number of aromatic nitrogens is 2. The van der Waals surface area contributed by atoms with E-state index < -0.39 is 5.97 Å². The topological polar surface area (TPSA) is 66.3 Å². The largest absolute Gasteiger partial charge is 0.480 e. The third kappa shape index (κ3) is 2.69. The molecule has 1 rings (SSSR count). The number of carbonyl (C=O) groups is 1. The van der Waals surface area contributed by atoms with Crippen LogP contribution in [0.3, 0.4) is 0 Å². The summed E-state index contributed by atoms with van der Waals surface area (Å²) in [5.74, 6) is -0.233. The number of carboxylic acid groups (broad SMARTS) is 1. The number of anilines is 1. The van der Waals surface area contributed by atoms with Crippen molar-refractivity contribution in [2.75, 3.05) is 18.5 Å². The van der Waals surface area contributed by atoms with Gasteiger partial charge in [-0.2, -0.15) is 0 Å².